The van der Waals surface area contributed by atoms with Crippen molar-refractivity contribution in [2.75, 3.05) is 27.2 Å². The van der Waals surface area contributed by atoms with Gasteiger partial charge in [-0.3, -0.25) is 0 Å². The van der Waals surface area contributed by atoms with Gasteiger partial charge in [-0.15, -0.1) is 0 Å². The third-order valence-electron chi connectivity index (χ3n) is 3.66. The highest BCUT2D eigenvalue weighted by Gasteiger charge is 2.36. The summed E-state index contributed by atoms with van der Waals surface area (Å²) < 4.78 is 5.74. The van der Waals surface area contributed by atoms with Crippen LogP contribution in [0.25, 0.3) is 0 Å². The standard InChI is InChI=1S/C15H19ClN2O/c1-18(2)8-7-15(11-17)6-3-9-19-14-5-4-12(16)10-13(14)15/h4-5,10H,3,6-9H2,1-2H3. The second kappa shape index (κ2) is 5.81. The molecule has 2 rings (SSSR count). The molecule has 1 heterocycles. The summed E-state index contributed by atoms with van der Waals surface area (Å²) in [5.74, 6) is 0.808. The molecule has 0 fully saturated rings. The molecule has 0 aliphatic carbocycles. The highest BCUT2D eigenvalue weighted by Crippen LogP contribution is 2.41. The molecule has 0 aromatic heterocycles. The van der Waals surface area contributed by atoms with Crippen molar-refractivity contribution in [3.63, 3.8) is 0 Å². The van der Waals surface area contributed by atoms with Crippen LogP contribution in [0.2, 0.25) is 5.02 Å². The van der Waals surface area contributed by atoms with Gasteiger partial charge in [0.1, 0.15) is 5.75 Å². The molecular formula is C15H19ClN2O. The van der Waals surface area contributed by atoms with E-state index in [2.05, 4.69) is 11.0 Å². The van der Waals surface area contributed by atoms with E-state index in [1.807, 2.05) is 32.3 Å². The lowest BCUT2D eigenvalue weighted by Gasteiger charge is -2.27. The molecule has 3 nitrogen and oxygen atoms in total. The zero-order chi connectivity index (χ0) is 13.9. The minimum atomic E-state index is -0.485. The smallest absolute Gasteiger partial charge is 0.124 e. The van der Waals surface area contributed by atoms with Crippen molar-refractivity contribution in [3.8, 4) is 11.8 Å². The molecule has 0 saturated heterocycles. The van der Waals surface area contributed by atoms with Gasteiger partial charge in [0.2, 0.25) is 0 Å². The normalized spacial score (nSPS) is 22.3. The predicted molar refractivity (Wildman–Crippen MR) is 76.6 cm³/mol. The maximum atomic E-state index is 9.75. The predicted octanol–water partition coefficient (Wildman–Crippen LogP) is 3.23. The van der Waals surface area contributed by atoms with Gasteiger partial charge in [0, 0.05) is 10.6 Å². The van der Waals surface area contributed by atoms with Crippen LogP contribution in [-0.2, 0) is 5.41 Å². The Morgan fingerprint density at radius 3 is 2.95 bits per heavy atom. The van der Waals surface area contributed by atoms with Crippen molar-refractivity contribution in [2.45, 2.75) is 24.7 Å². The largest absolute Gasteiger partial charge is 0.493 e. The van der Waals surface area contributed by atoms with Crippen molar-refractivity contribution >= 4 is 11.6 Å². The van der Waals surface area contributed by atoms with E-state index in [9.17, 15) is 5.26 Å². The third-order valence-corrected chi connectivity index (χ3v) is 3.90. The van der Waals surface area contributed by atoms with Crippen LogP contribution in [0, 0.1) is 11.3 Å². The van der Waals surface area contributed by atoms with Gasteiger partial charge >= 0.3 is 0 Å². The topological polar surface area (TPSA) is 36.3 Å². The average Bonchev–Trinajstić information content (AvgIpc) is 2.56. The summed E-state index contributed by atoms with van der Waals surface area (Å²) >= 11 is 6.10. The summed E-state index contributed by atoms with van der Waals surface area (Å²) in [6.45, 7) is 1.54. The molecule has 0 spiro atoms. The number of hydrogen-bond acceptors (Lipinski definition) is 3. The molecule has 1 aromatic carbocycles. The third kappa shape index (κ3) is 3.02. The molecule has 0 saturated carbocycles. The first-order chi connectivity index (χ1) is 9.07. The van der Waals surface area contributed by atoms with E-state index in [0.717, 1.165) is 37.1 Å². The summed E-state index contributed by atoms with van der Waals surface area (Å²) in [5, 5.41) is 10.4. The van der Waals surface area contributed by atoms with Crippen LogP contribution >= 0.6 is 11.6 Å². The Morgan fingerprint density at radius 1 is 1.47 bits per heavy atom. The van der Waals surface area contributed by atoms with Crippen LogP contribution in [0.4, 0.5) is 0 Å². The summed E-state index contributed by atoms with van der Waals surface area (Å²) in [4.78, 5) is 2.11. The van der Waals surface area contributed by atoms with Crippen molar-refractivity contribution in [2.24, 2.45) is 0 Å². The van der Waals surface area contributed by atoms with Gasteiger partial charge in [-0.2, -0.15) is 5.26 Å². The number of nitrogens with zero attached hydrogens (tertiary/aromatic N) is 2. The molecule has 1 aromatic rings. The Balaban J connectivity index is 2.43. The zero-order valence-corrected chi connectivity index (χ0v) is 12.2. The maximum absolute atomic E-state index is 9.75. The highest BCUT2D eigenvalue weighted by molar-refractivity contribution is 6.30. The van der Waals surface area contributed by atoms with Crippen LogP contribution in [0.1, 0.15) is 24.8 Å². The molecule has 0 N–H and O–H groups in total. The average molecular weight is 279 g/mol. The number of ether oxygens (including phenoxy) is 1. The van der Waals surface area contributed by atoms with E-state index >= 15 is 0 Å². The fraction of sp³-hybridized carbons (Fsp3) is 0.533. The molecule has 19 heavy (non-hydrogen) atoms. The van der Waals surface area contributed by atoms with E-state index in [0.29, 0.717) is 11.6 Å². The van der Waals surface area contributed by atoms with Crippen molar-refractivity contribution in [1.82, 2.24) is 4.90 Å². The van der Waals surface area contributed by atoms with Gasteiger partial charge in [0.15, 0.2) is 0 Å². The van der Waals surface area contributed by atoms with Gasteiger partial charge in [0.05, 0.1) is 18.1 Å². The van der Waals surface area contributed by atoms with Crippen molar-refractivity contribution < 1.29 is 4.74 Å². The first-order valence-electron chi connectivity index (χ1n) is 6.56. The molecule has 1 aliphatic heterocycles. The Labute approximate surface area is 119 Å². The molecule has 1 aliphatic rings. The van der Waals surface area contributed by atoms with Crippen LogP contribution in [-0.4, -0.2) is 32.1 Å². The number of rotatable bonds is 3. The number of halogens is 1. The fourth-order valence-electron chi connectivity index (χ4n) is 2.54. The van der Waals surface area contributed by atoms with Gasteiger partial charge in [-0.25, -0.2) is 0 Å². The van der Waals surface area contributed by atoms with Gasteiger partial charge in [-0.1, -0.05) is 11.6 Å². The van der Waals surface area contributed by atoms with Crippen LogP contribution in [0.3, 0.4) is 0 Å². The van der Waals surface area contributed by atoms with Crippen LogP contribution in [0.5, 0.6) is 5.75 Å². The summed E-state index contributed by atoms with van der Waals surface area (Å²) in [6, 6.07) is 8.12. The summed E-state index contributed by atoms with van der Waals surface area (Å²) in [6.07, 6.45) is 2.52. The summed E-state index contributed by atoms with van der Waals surface area (Å²) in [5.41, 5.74) is 0.461. The van der Waals surface area contributed by atoms with Crippen molar-refractivity contribution in [1.29, 1.82) is 5.26 Å². The van der Waals surface area contributed by atoms with E-state index in [1.165, 1.54) is 0 Å². The number of nitriles is 1. The first-order valence-corrected chi connectivity index (χ1v) is 6.94. The van der Waals surface area contributed by atoms with E-state index in [1.54, 1.807) is 0 Å². The molecule has 102 valence electrons. The zero-order valence-electron chi connectivity index (χ0n) is 11.4. The van der Waals surface area contributed by atoms with Crippen molar-refractivity contribution in [3.05, 3.63) is 28.8 Å². The van der Waals surface area contributed by atoms with Crippen LogP contribution in [0.15, 0.2) is 18.2 Å². The molecule has 0 bridgehead atoms. The highest BCUT2D eigenvalue weighted by atomic mass is 35.5. The Bertz CT molecular complexity index is 495. The first kappa shape index (κ1) is 14.2. The molecule has 1 unspecified atom stereocenters. The number of hydrogen-bond donors (Lipinski definition) is 0. The van der Waals surface area contributed by atoms with Gasteiger partial charge in [-0.05, 0) is 58.1 Å². The summed E-state index contributed by atoms with van der Waals surface area (Å²) in [7, 11) is 4.05. The SMILES string of the molecule is CN(C)CCC1(C#N)CCCOc2ccc(Cl)cc21. The van der Waals surface area contributed by atoms with Crippen LogP contribution < -0.4 is 4.74 Å². The Morgan fingerprint density at radius 2 is 2.26 bits per heavy atom. The minimum Gasteiger partial charge on any atom is -0.493 e. The maximum Gasteiger partial charge on any atom is 0.124 e. The lowest BCUT2D eigenvalue weighted by Crippen LogP contribution is -2.29. The Hall–Kier alpha value is -1.24. The quantitative estimate of drug-likeness (QED) is 0.852. The second-order valence-electron chi connectivity index (χ2n) is 5.34. The molecule has 1 atom stereocenters. The lowest BCUT2D eigenvalue weighted by atomic mass is 9.75. The minimum absolute atomic E-state index is 0.485. The fourth-order valence-corrected chi connectivity index (χ4v) is 2.71. The molecular weight excluding hydrogens is 260 g/mol. The van der Waals surface area contributed by atoms with E-state index in [4.69, 9.17) is 16.3 Å². The van der Waals surface area contributed by atoms with E-state index in [-0.39, 0.29) is 0 Å². The number of benzene rings is 1. The molecule has 4 heteroatoms. The molecule has 0 radical (unpaired) electrons. The van der Waals surface area contributed by atoms with Gasteiger partial charge in [0.25, 0.3) is 0 Å². The van der Waals surface area contributed by atoms with Gasteiger partial charge < -0.3 is 9.64 Å². The molecule has 0 amide bonds. The lowest BCUT2D eigenvalue weighted by molar-refractivity contribution is 0.309. The Kier molecular flexibility index (Phi) is 4.34. The van der Waals surface area contributed by atoms with E-state index < -0.39 is 5.41 Å². The monoisotopic (exact) mass is 278 g/mol. The second-order valence-corrected chi connectivity index (χ2v) is 5.78. The number of fused-ring (bicyclic) bond motifs is 1.